The third kappa shape index (κ3) is 4.54. The Labute approximate surface area is 103 Å². The van der Waals surface area contributed by atoms with Crippen LogP contribution in [0.4, 0.5) is 0 Å². The maximum absolute atomic E-state index is 5.91. The Balaban J connectivity index is 2.45. The van der Waals surface area contributed by atoms with Crippen molar-refractivity contribution in [1.29, 1.82) is 0 Å². The average Bonchev–Trinajstić information content (AvgIpc) is 2.28. The van der Waals surface area contributed by atoms with Crippen molar-refractivity contribution in [2.75, 3.05) is 5.75 Å². The molecule has 0 amide bonds. The Morgan fingerprint density at radius 3 is 2.62 bits per heavy atom. The lowest BCUT2D eigenvalue weighted by atomic mass is 10.1. The summed E-state index contributed by atoms with van der Waals surface area (Å²) in [7, 11) is 0. The van der Waals surface area contributed by atoms with Gasteiger partial charge >= 0.3 is 0 Å². The van der Waals surface area contributed by atoms with Crippen LogP contribution in [-0.2, 0) is 0 Å². The predicted octanol–water partition coefficient (Wildman–Crippen LogP) is 3.63. The van der Waals surface area contributed by atoms with E-state index < -0.39 is 0 Å². The van der Waals surface area contributed by atoms with Crippen LogP contribution in [0.15, 0.2) is 23.2 Å². The standard InChI is InChI=1S/C13H22N2S/c1-4-12(14)13-6-5-11(9-15-13)16-8-7-10(2)3/h5-6,9-10,12H,4,7-8,14H2,1-3H3. The quantitative estimate of drug-likeness (QED) is 0.769. The molecule has 1 rings (SSSR count). The SMILES string of the molecule is CCC(N)c1ccc(SCCC(C)C)cn1. The minimum atomic E-state index is 0.0784. The van der Waals surface area contributed by atoms with Crippen LogP contribution >= 0.6 is 11.8 Å². The van der Waals surface area contributed by atoms with Crippen molar-refractivity contribution in [1.82, 2.24) is 4.98 Å². The smallest absolute Gasteiger partial charge is 0.0571 e. The molecule has 0 fully saturated rings. The third-order valence-electron chi connectivity index (χ3n) is 2.54. The van der Waals surface area contributed by atoms with Crippen molar-refractivity contribution < 1.29 is 0 Å². The van der Waals surface area contributed by atoms with Gasteiger partial charge in [-0.3, -0.25) is 4.98 Å². The monoisotopic (exact) mass is 238 g/mol. The number of nitrogens with zero attached hydrogens (tertiary/aromatic N) is 1. The maximum atomic E-state index is 5.91. The number of hydrogen-bond acceptors (Lipinski definition) is 3. The summed E-state index contributed by atoms with van der Waals surface area (Å²) in [5, 5.41) is 0. The van der Waals surface area contributed by atoms with Gasteiger partial charge in [-0.15, -0.1) is 11.8 Å². The minimum Gasteiger partial charge on any atom is -0.323 e. The lowest BCUT2D eigenvalue weighted by Gasteiger charge is -2.09. The summed E-state index contributed by atoms with van der Waals surface area (Å²) in [6.07, 6.45) is 4.13. The van der Waals surface area contributed by atoms with E-state index >= 15 is 0 Å². The van der Waals surface area contributed by atoms with Gasteiger partial charge in [0.25, 0.3) is 0 Å². The molecule has 1 atom stereocenters. The van der Waals surface area contributed by atoms with Gasteiger partial charge in [-0.25, -0.2) is 0 Å². The lowest BCUT2D eigenvalue weighted by Crippen LogP contribution is -2.10. The molecule has 3 heteroatoms. The van der Waals surface area contributed by atoms with Crippen molar-refractivity contribution in [3.8, 4) is 0 Å². The summed E-state index contributed by atoms with van der Waals surface area (Å²) < 4.78 is 0. The summed E-state index contributed by atoms with van der Waals surface area (Å²) in [6.45, 7) is 6.59. The van der Waals surface area contributed by atoms with Gasteiger partial charge in [0.1, 0.15) is 0 Å². The predicted molar refractivity (Wildman–Crippen MR) is 71.6 cm³/mol. The lowest BCUT2D eigenvalue weighted by molar-refractivity contribution is 0.632. The molecule has 0 bridgehead atoms. The van der Waals surface area contributed by atoms with E-state index in [1.165, 1.54) is 17.1 Å². The molecule has 2 nitrogen and oxygen atoms in total. The van der Waals surface area contributed by atoms with E-state index in [2.05, 4.69) is 31.8 Å². The zero-order chi connectivity index (χ0) is 12.0. The van der Waals surface area contributed by atoms with Gasteiger partial charge < -0.3 is 5.73 Å². The first-order chi connectivity index (χ1) is 7.63. The van der Waals surface area contributed by atoms with Crippen LogP contribution < -0.4 is 5.73 Å². The summed E-state index contributed by atoms with van der Waals surface area (Å²) in [5.41, 5.74) is 6.91. The number of pyridine rings is 1. The highest BCUT2D eigenvalue weighted by Crippen LogP contribution is 2.21. The summed E-state index contributed by atoms with van der Waals surface area (Å²) in [5.74, 6) is 1.94. The highest BCUT2D eigenvalue weighted by atomic mass is 32.2. The van der Waals surface area contributed by atoms with Crippen LogP contribution in [0.1, 0.15) is 45.3 Å². The zero-order valence-electron chi connectivity index (χ0n) is 10.4. The fraction of sp³-hybridized carbons (Fsp3) is 0.615. The molecule has 0 saturated heterocycles. The second kappa shape index (κ2) is 6.92. The van der Waals surface area contributed by atoms with Crippen LogP contribution in [0.25, 0.3) is 0 Å². The summed E-state index contributed by atoms with van der Waals surface area (Å²) in [6, 6.07) is 4.25. The molecule has 2 N–H and O–H groups in total. The molecule has 0 aliphatic heterocycles. The van der Waals surface area contributed by atoms with E-state index in [4.69, 9.17) is 5.73 Å². The summed E-state index contributed by atoms with van der Waals surface area (Å²) in [4.78, 5) is 5.64. The van der Waals surface area contributed by atoms with Crippen LogP contribution in [0.2, 0.25) is 0 Å². The Hall–Kier alpha value is -0.540. The molecule has 0 radical (unpaired) electrons. The highest BCUT2D eigenvalue weighted by Gasteiger charge is 2.04. The molecule has 0 saturated carbocycles. The van der Waals surface area contributed by atoms with Gasteiger partial charge in [-0.05, 0) is 36.6 Å². The highest BCUT2D eigenvalue weighted by molar-refractivity contribution is 7.99. The van der Waals surface area contributed by atoms with E-state index in [0.717, 1.165) is 18.0 Å². The number of nitrogens with two attached hydrogens (primary N) is 1. The molecule has 90 valence electrons. The fourth-order valence-corrected chi connectivity index (χ4v) is 2.43. The van der Waals surface area contributed by atoms with E-state index in [0.29, 0.717) is 0 Å². The molecule has 1 heterocycles. The normalized spacial score (nSPS) is 13.1. The van der Waals surface area contributed by atoms with Gasteiger partial charge in [-0.1, -0.05) is 20.8 Å². The fourth-order valence-electron chi connectivity index (χ4n) is 1.32. The van der Waals surface area contributed by atoms with Gasteiger partial charge in [0, 0.05) is 17.1 Å². The second-order valence-corrected chi connectivity index (χ2v) is 5.63. The first-order valence-corrected chi connectivity index (χ1v) is 6.96. The molecule has 0 aliphatic rings. The summed E-state index contributed by atoms with van der Waals surface area (Å²) >= 11 is 1.87. The topological polar surface area (TPSA) is 38.9 Å². The van der Waals surface area contributed by atoms with Crippen molar-refractivity contribution in [2.45, 2.75) is 44.6 Å². The van der Waals surface area contributed by atoms with E-state index in [9.17, 15) is 0 Å². The Morgan fingerprint density at radius 2 is 2.12 bits per heavy atom. The molecular weight excluding hydrogens is 216 g/mol. The van der Waals surface area contributed by atoms with Crippen LogP contribution in [0.5, 0.6) is 0 Å². The van der Waals surface area contributed by atoms with Crippen molar-refractivity contribution in [3.05, 3.63) is 24.0 Å². The maximum Gasteiger partial charge on any atom is 0.0571 e. The molecule has 0 aliphatic carbocycles. The number of thioether (sulfide) groups is 1. The van der Waals surface area contributed by atoms with Crippen LogP contribution in [0, 0.1) is 5.92 Å². The number of rotatable bonds is 6. The molecular formula is C13H22N2S. The average molecular weight is 238 g/mol. The van der Waals surface area contributed by atoms with Crippen LogP contribution in [-0.4, -0.2) is 10.7 Å². The van der Waals surface area contributed by atoms with Crippen molar-refractivity contribution >= 4 is 11.8 Å². The Kier molecular flexibility index (Phi) is 5.85. The van der Waals surface area contributed by atoms with E-state index in [-0.39, 0.29) is 6.04 Å². The van der Waals surface area contributed by atoms with Gasteiger partial charge in [0.15, 0.2) is 0 Å². The van der Waals surface area contributed by atoms with Crippen molar-refractivity contribution in [2.24, 2.45) is 11.7 Å². The number of aromatic nitrogens is 1. The molecule has 1 aromatic heterocycles. The van der Waals surface area contributed by atoms with Gasteiger partial charge in [0.2, 0.25) is 0 Å². The van der Waals surface area contributed by atoms with Crippen LogP contribution in [0.3, 0.4) is 0 Å². The Bertz CT molecular complexity index is 295. The van der Waals surface area contributed by atoms with Gasteiger partial charge in [-0.2, -0.15) is 0 Å². The molecule has 1 unspecified atom stereocenters. The van der Waals surface area contributed by atoms with E-state index in [1.807, 2.05) is 24.0 Å². The molecule has 0 spiro atoms. The van der Waals surface area contributed by atoms with Gasteiger partial charge in [0.05, 0.1) is 5.69 Å². The molecule has 16 heavy (non-hydrogen) atoms. The molecule has 0 aromatic carbocycles. The Morgan fingerprint density at radius 1 is 1.38 bits per heavy atom. The first-order valence-electron chi connectivity index (χ1n) is 5.97. The minimum absolute atomic E-state index is 0.0784. The van der Waals surface area contributed by atoms with E-state index in [1.54, 1.807) is 0 Å². The number of hydrogen-bond donors (Lipinski definition) is 1. The zero-order valence-corrected chi connectivity index (χ0v) is 11.3. The van der Waals surface area contributed by atoms with Crippen molar-refractivity contribution in [3.63, 3.8) is 0 Å². The molecule has 1 aromatic rings. The third-order valence-corrected chi connectivity index (χ3v) is 3.56. The second-order valence-electron chi connectivity index (χ2n) is 4.46. The first kappa shape index (κ1) is 13.5. The largest absolute Gasteiger partial charge is 0.323 e.